The fourth-order valence-electron chi connectivity index (χ4n) is 4.33. The quantitative estimate of drug-likeness (QED) is 0.786. The van der Waals surface area contributed by atoms with Crippen molar-refractivity contribution in [2.45, 2.75) is 38.5 Å². The van der Waals surface area contributed by atoms with Crippen LogP contribution in [0.1, 0.15) is 58.8 Å². The molecular weight excluding hydrogens is 380 g/mol. The lowest BCUT2D eigenvalue weighted by atomic mass is 9.88. The van der Waals surface area contributed by atoms with Gasteiger partial charge in [0.15, 0.2) is 5.69 Å². The van der Waals surface area contributed by atoms with Crippen molar-refractivity contribution < 1.29 is 14.3 Å². The predicted octanol–water partition coefficient (Wildman–Crippen LogP) is 3.14. The van der Waals surface area contributed by atoms with Crippen LogP contribution in [0.15, 0.2) is 24.4 Å². The largest absolute Gasteiger partial charge is 0.464 e. The molecule has 1 saturated carbocycles. The average molecular weight is 406 g/mol. The second-order valence-corrected chi connectivity index (χ2v) is 8.20. The molecule has 0 radical (unpaired) electrons. The van der Waals surface area contributed by atoms with Gasteiger partial charge in [0, 0.05) is 30.9 Å². The predicted molar refractivity (Wildman–Crippen MR) is 112 cm³/mol. The highest BCUT2D eigenvalue weighted by Crippen LogP contribution is 2.35. The second-order valence-electron chi connectivity index (χ2n) is 8.20. The number of aryl methyl sites for hydroxylation is 1. The molecular formula is C23H26N4O3. The van der Waals surface area contributed by atoms with Gasteiger partial charge in [-0.3, -0.25) is 4.79 Å². The molecule has 1 aliphatic carbocycles. The van der Waals surface area contributed by atoms with Crippen LogP contribution in [0.25, 0.3) is 5.69 Å². The maximum atomic E-state index is 12.3. The Labute approximate surface area is 176 Å². The van der Waals surface area contributed by atoms with Gasteiger partial charge in [0.25, 0.3) is 0 Å². The third kappa shape index (κ3) is 3.54. The number of hydrogen-bond acceptors (Lipinski definition) is 5. The monoisotopic (exact) mass is 406 g/mol. The molecule has 1 saturated heterocycles. The molecule has 2 heterocycles. The number of anilines is 1. The third-order valence-electron chi connectivity index (χ3n) is 6.23. The van der Waals surface area contributed by atoms with Crippen LogP contribution in [-0.2, 0) is 9.53 Å². The highest BCUT2D eigenvalue weighted by atomic mass is 16.5. The summed E-state index contributed by atoms with van der Waals surface area (Å²) in [6.07, 6.45) is 5.58. The van der Waals surface area contributed by atoms with E-state index in [9.17, 15) is 14.9 Å². The first-order valence-corrected chi connectivity index (χ1v) is 10.3. The number of methoxy groups -OCH3 is 1. The highest BCUT2D eigenvalue weighted by Gasteiger charge is 2.35. The Balaban J connectivity index is 1.57. The molecule has 0 spiro atoms. The maximum Gasteiger partial charge on any atom is 0.357 e. The van der Waals surface area contributed by atoms with Crippen LogP contribution in [0, 0.1) is 24.2 Å². The van der Waals surface area contributed by atoms with E-state index in [1.807, 2.05) is 24.0 Å². The highest BCUT2D eigenvalue weighted by molar-refractivity contribution is 5.96. The van der Waals surface area contributed by atoms with Crippen molar-refractivity contribution >= 4 is 17.6 Å². The molecule has 4 rings (SSSR count). The normalized spacial score (nSPS) is 16.9. The van der Waals surface area contributed by atoms with Crippen LogP contribution in [0.2, 0.25) is 0 Å². The number of nitrogen functional groups attached to an aromatic ring is 1. The minimum absolute atomic E-state index is 0.125. The van der Waals surface area contributed by atoms with Crippen LogP contribution < -0.4 is 5.73 Å². The summed E-state index contributed by atoms with van der Waals surface area (Å²) in [6.45, 7) is 3.60. The number of piperidine rings is 1. The minimum Gasteiger partial charge on any atom is -0.464 e. The maximum absolute atomic E-state index is 12.3. The van der Waals surface area contributed by atoms with Gasteiger partial charge in [0.05, 0.1) is 18.4 Å². The number of carbonyl (C=O) groups is 2. The Kier molecular flexibility index (Phi) is 5.25. The van der Waals surface area contributed by atoms with E-state index in [-0.39, 0.29) is 22.9 Å². The van der Waals surface area contributed by atoms with Crippen LogP contribution in [0.3, 0.4) is 0 Å². The van der Waals surface area contributed by atoms with Gasteiger partial charge in [-0.15, -0.1) is 0 Å². The first kappa shape index (κ1) is 20.0. The molecule has 0 atom stereocenters. The lowest BCUT2D eigenvalue weighted by molar-refractivity contribution is -0.133. The van der Waals surface area contributed by atoms with Crippen LogP contribution in [0.5, 0.6) is 0 Å². The number of ether oxygens (including phenoxy) is 1. The Morgan fingerprint density at radius 1 is 1.20 bits per heavy atom. The molecule has 0 bridgehead atoms. The Morgan fingerprint density at radius 3 is 2.47 bits per heavy atom. The van der Waals surface area contributed by atoms with Gasteiger partial charge in [0.2, 0.25) is 5.91 Å². The zero-order valence-electron chi connectivity index (χ0n) is 17.4. The Morgan fingerprint density at radius 2 is 1.90 bits per heavy atom. The van der Waals surface area contributed by atoms with Gasteiger partial charge in [-0.2, -0.15) is 5.26 Å². The SMILES string of the molecule is COC(=O)c1c(N)c(C#N)cn1-c1ccc(C2CCN(C(=O)C3CC3)CC2)cc1C. The summed E-state index contributed by atoms with van der Waals surface area (Å²) in [5, 5.41) is 9.32. The van der Waals surface area contributed by atoms with E-state index in [1.165, 1.54) is 12.7 Å². The molecule has 1 amide bonds. The number of likely N-dealkylation sites (tertiary alicyclic amines) is 1. The first-order valence-electron chi connectivity index (χ1n) is 10.3. The summed E-state index contributed by atoms with van der Waals surface area (Å²) in [5.74, 6) is 0.434. The molecule has 2 N–H and O–H groups in total. The number of esters is 1. The summed E-state index contributed by atoms with van der Waals surface area (Å²) < 4.78 is 6.50. The first-order chi connectivity index (χ1) is 14.4. The number of amides is 1. The average Bonchev–Trinajstić information content (AvgIpc) is 3.56. The molecule has 0 unspecified atom stereocenters. The Bertz CT molecular complexity index is 1040. The van der Waals surface area contributed by atoms with Gasteiger partial charge in [-0.1, -0.05) is 12.1 Å². The van der Waals surface area contributed by atoms with E-state index >= 15 is 0 Å². The minimum atomic E-state index is -0.579. The molecule has 156 valence electrons. The molecule has 1 aromatic heterocycles. The summed E-state index contributed by atoms with van der Waals surface area (Å²) in [5.41, 5.74) is 9.54. The summed E-state index contributed by atoms with van der Waals surface area (Å²) >= 11 is 0. The van der Waals surface area contributed by atoms with Crippen molar-refractivity contribution in [1.29, 1.82) is 5.26 Å². The van der Waals surface area contributed by atoms with Gasteiger partial charge >= 0.3 is 5.97 Å². The van der Waals surface area contributed by atoms with E-state index in [2.05, 4.69) is 12.1 Å². The molecule has 1 aliphatic heterocycles. The number of carbonyl (C=O) groups excluding carboxylic acids is 2. The number of rotatable bonds is 4. The van der Waals surface area contributed by atoms with Crippen molar-refractivity contribution in [2.75, 3.05) is 25.9 Å². The summed E-state index contributed by atoms with van der Waals surface area (Å²) in [6, 6.07) is 8.18. The fourth-order valence-corrected chi connectivity index (χ4v) is 4.33. The van der Waals surface area contributed by atoms with Crippen LogP contribution in [0.4, 0.5) is 5.69 Å². The van der Waals surface area contributed by atoms with Gasteiger partial charge < -0.3 is 19.9 Å². The van der Waals surface area contributed by atoms with Crippen molar-refractivity contribution in [3.8, 4) is 11.8 Å². The zero-order chi connectivity index (χ0) is 21.4. The molecule has 30 heavy (non-hydrogen) atoms. The van der Waals surface area contributed by atoms with Crippen LogP contribution >= 0.6 is 0 Å². The molecule has 7 heteroatoms. The number of hydrogen-bond donors (Lipinski definition) is 1. The smallest absolute Gasteiger partial charge is 0.357 e. The molecule has 1 aromatic carbocycles. The van der Waals surface area contributed by atoms with E-state index in [0.29, 0.717) is 11.8 Å². The number of nitriles is 1. The van der Waals surface area contributed by atoms with Gasteiger partial charge in [0.1, 0.15) is 6.07 Å². The van der Waals surface area contributed by atoms with E-state index in [4.69, 9.17) is 10.5 Å². The number of aromatic nitrogens is 1. The topological polar surface area (TPSA) is 101 Å². The van der Waals surface area contributed by atoms with Gasteiger partial charge in [-0.25, -0.2) is 4.79 Å². The van der Waals surface area contributed by atoms with Crippen molar-refractivity contribution in [3.63, 3.8) is 0 Å². The summed E-state index contributed by atoms with van der Waals surface area (Å²) in [7, 11) is 1.29. The number of benzene rings is 1. The number of nitrogens with two attached hydrogens (primary N) is 1. The van der Waals surface area contributed by atoms with Crippen molar-refractivity contribution in [2.24, 2.45) is 5.92 Å². The van der Waals surface area contributed by atoms with E-state index in [0.717, 1.165) is 50.0 Å². The lowest BCUT2D eigenvalue weighted by Crippen LogP contribution is -2.38. The third-order valence-corrected chi connectivity index (χ3v) is 6.23. The molecule has 7 nitrogen and oxygen atoms in total. The molecule has 2 fully saturated rings. The fraction of sp³-hybridized carbons (Fsp3) is 0.435. The van der Waals surface area contributed by atoms with Crippen molar-refractivity contribution in [3.05, 3.63) is 46.8 Å². The van der Waals surface area contributed by atoms with Gasteiger partial charge in [-0.05, 0) is 55.7 Å². The standard InChI is InChI=1S/C23H26N4O3/c1-14-11-17(15-7-9-26(10-8-15)22(28)16-3-4-16)5-6-19(14)27-13-18(12-24)20(25)21(27)23(29)30-2/h5-6,11,13,15-16H,3-4,7-10,25H2,1-2H3. The second kappa shape index (κ2) is 7.86. The molecule has 2 aromatic rings. The van der Waals surface area contributed by atoms with E-state index in [1.54, 1.807) is 10.8 Å². The lowest BCUT2D eigenvalue weighted by Gasteiger charge is -2.32. The zero-order valence-corrected chi connectivity index (χ0v) is 17.4. The Hall–Kier alpha value is -3.27. The van der Waals surface area contributed by atoms with Crippen LogP contribution in [-0.4, -0.2) is 41.5 Å². The molecule has 2 aliphatic rings. The van der Waals surface area contributed by atoms with E-state index < -0.39 is 5.97 Å². The van der Waals surface area contributed by atoms with Crippen molar-refractivity contribution in [1.82, 2.24) is 9.47 Å². The summed E-state index contributed by atoms with van der Waals surface area (Å²) in [4.78, 5) is 26.6. The number of nitrogens with zero attached hydrogens (tertiary/aromatic N) is 3.